The van der Waals surface area contributed by atoms with Crippen molar-refractivity contribution in [3.63, 3.8) is 0 Å². The highest BCUT2D eigenvalue weighted by molar-refractivity contribution is 5.95. The fraction of sp³-hybridized carbons (Fsp3) is 0.105. The predicted molar refractivity (Wildman–Crippen MR) is 101 cm³/mol. The molecular formula is C19H17N5O3. The second kappa shape index (κ2) is 7.61. The molecule has 3 rings (SSSR count). The highest BCUT2D eigenvalue weighted by atomic mass is 16.6. The molecule has 8 heteroatoms. The number of nitrogens with zero attached hydrogens (tertiary/aromatic N) is 4. The van der Waals surface area contributed by atoms with Crippen LogP contribution in [0.25, 0.3) is 5.69 Å². The van der Waals surface area contributed by atoms with Gasteiger partial charge in [0.15, 0.2) is 0 Å². The molecule has 2 aromatic carbocycles. The van der Waals surface area contributed by atoms with E-state index in [0.717, 1.165) is 22.6 Å². The number of hydrogen-bond acceptors (Lipinski definition) is 5. The van der Waals surface area contributed by atoms with Crippen molar-refractivity contribution in [2.45, 2.75) is 13.8 Å². The maximum Gasteiger partial charge on any atom is 0.271 e. The van der Waals surface area contributed by atoms with Crippen LogP contribution in [0.1, 0.15) is 27.3 Å². The molecule has 0 aliphatic rings. The zero-order valence-corrected chi connectivity index (χ0v) is 14.8. The lowest BCUT2D eigenvalue weighted by molar-refractivity contribution is -0.384. The molecule has 1 heterocycles. The second-order valence-corrected chi connectivity index (χ2v) is 5.84. The second-order valence-electron chi connectivity index (χ2n) is 5.84. The number of hydrazone groups is 1. The van der Waals surface area contributed by atoms with Crippen LogP contribution in [-0.4, -0.2) is 26.8 Å². The van der Waals surface area contributed by atoms with Crippen molar-refractivity contribution in [1.29, 1.82) is 0 Å². The van der Waals surface area contributed by atoms with E-state index in [-0.39, 0.29) is 11.3 Å². The third-order valence-corrected chi connectivity index (χ3v) is 4.03. The lowest BCUT2D eigenvalue weighted by atomic mass is 10.2. The van der Waals surface area contributed by atoms with Gasteiger partial charge in [0, 0.05) is 23.3 Å². The highest BCUT2D eigenvalue weighted by Crippen LogP contribution is 2.16. The number of nitro benzene ring substituents is 1. The van der Waals surface area contributed by atoms with Crippen LogP contribution in [0.5, 0.6) is 0 Å². The molecule has 1 aromatic heterocycles. The summed E-state index contributed by atoms with van der Waals surface area (Å²) in [6, 6.07) is 15.2. The van der Waals surface area contributed by atoms with Crippen LogP contribution in [0, 0.1) is 24.0 Å². The third-order valence-electron chi connectivity index (χ3n) is 4.03. The molecule has 0 atom stereocenters. The molecule has 0 unspecified atom stereocenters. The molecule has 0 fully saturated rings. The number of carbonyl (C=O) groups excluding carboxylic acids is 1. The molecule has 1 N–H and O–H groups in total. The van der Waals surface area contributed by atoms with E-state index in [0.29, 0.717) is 0 Å². The number of benzene rings is 2. The largest absolute Gasteiger partial charge is 0.271 e. The van der Waals surface area contributed by atoms with Gasteiger partial charge in [-0.3, -0.25) is 14.9 Å². The first-order valence-corrected chi connectivity index (χ1v) is 8.17. The van der Waals surface area contributed by atoms with Crippen molar-refractivity contribution < 1.29 is 9.72 Å². The van der Waals surface area contributed by atoms with Gasteiger partial charge in [0.2, 0.25) is 0 Å². The summed E-state index contributed by atoms with van der Waals surface area (Å²) >= 11 is 0. The van der Waals surface area contributed by atoms with E-state index in [2.05, 4.69) is 15.6 Å². The topological polar surface area (TPSA) is 102 Å². The van der Waals surface area contributed by atoms with Crippen molar-refractivity contribution in [3.05, 3.63) is 87.2 Å². The van der Waals surface area contributed by atoms with Gasteiger partial charge < -0.3 is 0 Å². The summed E-state index contributed by atoms with van der Waals surface area (Å²) < 4.78 is 1.80. The van der Waals surface area contributed by atoms with Gasteiger partial charge in [0.1, 0.15) is 0 Å². The quantitative estimate of drug-likeness (QED) is 0.427. The van der Waals surface area contributed by atoms with Crippen molar-refractivity contribution in [2.24, 2.45) is 5.10 Å². The minimum Gasteiger partial charge on any atom is -0.267 e. The Hall–Kier alpha value is -3.81. The molecule has 3 aromatic rings. The Morgan fingerprint density at radius 2 is 1.93 bits per heavy atom. The molecule has 136 valence electrons. The molecule has 0 saturated carbocycles. The van der Waals surface area contributed by atoms with Gasteiger partial charge in [-0.05, 0) is 32.0 Å². The van der Waals surface area contributed by atoms with E-state index in [1.54, 1.807) is 4.68 Å². The van der Waals surface area contributed by atoms with E-state index in [1.165, 1.54) is 30.5 Å². The van der Waals surface area contributed by atoms with E-state index >= 15 is 0 Å². The van der Waals surface area contributed by atoms with Crippen molar-refractivity contribution >= 4 is 17.8 Å². The minimum absolute atomic E-state index is 0.151. The number of para-hydroxylation sites is 1. The first-order chi connectivity index (χ1) is 13.0. The molecule has 0 aliphatic carbocycles. The molecule has 27 heavy (non-hydrogen) atoms. The first kappa shape index (κ1) is 18.0. The molecule has 0 saturated heterocycles. The lowest BCUT2D eigenvalue weighted by Gasteiger charge is -2.03. The standard InChI is InChI=1S/C19H17N5O3/c1-13-18(14(2)23(22-13)16-8-4-3-5-9-16)12-20-21-19(25)15-7-6-10-17(11-15)24(26)27/h3-12H,1-2H3,(H,21,25). The van der Waals surface area contributed by atoms with Gasteiger partial charge in [-0.1, -0.05) is 24.3 Å². The Kier molecular flexibility index (Phi) is 5.07. The maximum absolute atomic E-state index is 12.1. The zero-order chi connectivity index (χ0) is 19.4. The van der Waals surface area contributed by atoms with E-state index in [9.17, 15) is 14.9 Å². The number of non-ortho nitro benzene ring substituents is 1. The van der Waals surface area contributed by atoms with Gasteiger partial charge >= 0.3 is 0 Å². The van der Waals surface area contributed by atoms with Gasteiger partial charge in [-0.15, -0.1) is 0 Å². The highest BCUT2D eigenvalue weighted by Gasteiger charge is 2.12. The summed E-state index contributed by atoms with van der Waals surface area (Å²) in [5, 5.41) is 19.3. The van der Waals surface area contributed by atoms with E-state index in [4.69, 9.17) is 0 Å². The molecule has 0 aliphatic heterocycles. The molecule has 0 spiro atoms. The summed E-state index contributed by atoms with van der Waals surface area (Å²) in [6.07, 6.45) is 1.52. The summed E-state index contributed by atoms with van der Waals surface area (Å²) in [5.41, 5.74) is 5.77. The Bertz CT molecular complexity index is 1030. The van der Waals surface area contributed by atoms with Gasteiger partial charge in [0.05, 0.1) is 28.2 Å². The number of amides is 1. The summed E-state index contributed by atoms with van der Waals surface area (Å²) in [4.78, 5) is 22.4. The van der Waals surface area contributed by atoms with Crippen LogP contribution >= 0.6 is 0 Å². The molecule has 1 amide bonds. The third kappa shape index (κ3) is 3.90. The normalized spacial score (nSPS) is 10.9. The Labute approximate surface area is 155 Å². The average Bonchev–Trinajstić information content (AvgIpc) is 2.97. The zero-order valence-electron chi connectivity index (χ0n) is 14.8. The molecule has 8 nitrogen and oxygen atoms in total. The van der Waals surface area contributed by atoms with Crippen LogP contribution in [-0.2, 0) is 0 Å². The van der Waals surface area contributed by atoms with E-state index in [1.807, 2.05) is 44.2 Å². The fourth-order valence-corrected chi connectivity index (χ4v) is 2.64. The van der Waals surface area contributed by atoms with Crippen LogP contribution in [0.3, 0.4) is 0 Å². The maximum atomic E-state index is 12.1. The number of nitro groups is 1. The number of carbonyl (C=O) groups is 1. The Balaban J connectivity index is 1.77. The molecule has 0 bridgehead atoms. The fourth-order valence-electron chi connectivity index (χ4n) is 2.64. The number of hydrogen-bond donors (Lipinski definition) is 1. The number of rotatable bonds is 5. The van der Waals surface area contributed by atoms with Crippen molar-refractivity contribution in [3.8, 4) is 5.69 Å². The summed E-state index contributed by atoms with van der Waals surface area (Å²) in [5.74, 6) is -0.527. The monoisotopic (exact) mass is 363 g/mol. The van der Waals surface area contributed by atoms with E-state index < -0.39 is 10.8 Å². The molecule has 0 radical (unpaired) electrons. The van der Waals surface area contributed by atoms with Crippen LogP contribution in [0.4, 0.5) is 5.69 Å². The number of nitrogens with one attached hydrogen (secondary N) is 1. The summed E-state index contributed by atoms with van der Waals surface area (Å²) in [6.45, 7) is 3.77. The van der Waals surface area contributed by atoms with Crippen LogP contribution in [0.15, 0.2) is 59.7 Å². The minimum atomic E-state index is -0.551. The Morgan fingerprint density at radius 3 is 2.63 bits per heavy atom. The van der Waals surface area contributed by atoms with Gasteiger partial charge in [0.25, 0.3) is 11.6 Å². The Morgan fingerprint density at radius 1 is 1.19 bits per heavy atom. The SMILES string of the molecule is Cc1nn(-c2ccccc2)c(C)c1C=NNC(=O)c1cccc([N+](=O)[O-])c1. The predicted octanol–water partition coefficient (Wildman–Crippen LogP) is 3.16. The summed E-state index contributed by atoms with van der Waals surface area (Å²) in [7, 11) is 0. The lowest BCUT2D eigenvalue weighted by Crippen LogP contribution is -2.17. The first-order valence-electron chi connectivity index (χ1n) is 8.17. The average molecular weight is 363 g/mol. The number of aryl methyl sites for hydroxylation is 1. The van der Waals surface area contributed by atoms with Gasteiger partial charge in [-0.25, -0.2) is 10.1 Å². The van der Waals surface area contributed by atoms with Crippen LogP contribution in [0.2, 0.25) is 0 Å². The van der Waals surface area contributed by atoms with Gasteiger partial charge in [-0.2, -0.15) is 10.2 Å². The van der Waals surface area contributed by atoms with Crippen LogP contribution < -0.4 is 5.43 Å². The number of aromatic nitrogens is 2. The van der Waals surface area contributed by atoms with Crippen molar-refractivity contribution in [2.75, 3.05) is 0 Å². The molecular weight excluding hydrogens is 346 g/mol. The van der Waals surface area contributed by atoms with Crippen molar-refractivity contribution in [1.82, 2.24) is 15.2 Å². The smallest absolute Gasteiger partial charge is 0.267 e.